The second-order valence-corrected chi connectivity index (χ2v) is 5.75. The molecule has 0 aromatic heterocycles. The summed E-state index contributed by atoms with van der Waals surface area (Å²) in [5.41, 5.74) is -0.135. The number of amides is 1. The maximum atomic E-state index is 12.6. The third-order valence-corrected chi connectivity index (χ3v) is 3.81. The van der Waals surface area contributed by atoms with Crippen LogP contribution in [-0.2, 0) is 14.3 Å². The van der Waals surface area contributed by atoms with Crippen molar-refractivity contribution in [1.82, 2.24) is 0 Å². The lowest BCUT2D eigenvalue weighted by molar-refractivity contribution is -0.139. The average Bonchev–Trinajstić information content (AvgIpc) is 2.61. The van der Waals surface area contributed by atoms with Crippen molar-refractivity contribution in [2.75, 3.05) is 25.1 Å². The molecule has 1 amide bonds. The number of ether oxygens (including phenoxy) is 3. The van der Waals surface area contributed by atoms with Gasteiger partial charge in [0.25, 0.3) is 5.91 Å². The Balaban J connectivity index is 3.03. The van der Waals surface area contributed by atoms with Crippen molar-refractivity contribution in [2.45, 2.75) is 53.1 Å². The van der Waals surface area contributed by atoms with Crippen molar-refractivity contribution >= 4 is 17.6 Å². The summed E-state index contributed by atoms with van der Waals surface area (Å²) in [7, 11) is 0. The lowest BCUT2D eigenvalue weighted by Gasteiger charge is -2.27. The quantitative estimate of drug-likeness (QED) is 0.649. The lowest BCUT2D eigenvalue weighted by atomic mass is 10.0. The Kier molecular flexibility index (Phi) is 8.41. The molecule has 1 rings (SSSR count). The third-order valence-electron chi connectivity index (χ3n) is 3.81. The summed E-state index contributed by atoms with van der Waals surface area (Å²) in [6, 6.07) is 4.92. The Hall–Kier alpha value is -2.08. The first-order valence-electron chi connectivity index (χ1n) is 8.81. The first-order valence-corrected chi connectivity index (χ1v) is 8.81. The van der Waals surface area contributed by atoms with E-state index in [-0.39, 0.29) is 18.1 Å². The van der Waals surface area contributed by atoms with Gasteiger partial charge in [-0.25, -0.2) is 4.79 Å². The van der Waals surface area contributed by atoms with Gasteiger partial charge in [-0.05, 0) is 51.8 Å². The molecule has 0 aliphatic carbocycles. The number of rotatable bonds is 10. The highest BCUT2D eigenvalue weighted by Gasteiger charge is 2.32. The smallest absolute Gasteiger partial charge is 0.341 e. The molecule has 1 aromatic rings. The van der Waals surface area contributed by atoms with Crippen molar-refractivity contribution < 1.29 is 23.8 Å². The van der Waals surface area contributed by atoms with Gasteiger partial charge in [-0.15, -0.1) is 0 Å². The van der Waals surface area contributed by atoms with Crippen LogP contribution < -0.4 is 10.1 Å². The molecular weight excluding hydrogens is 322 g/mol. The van der Waals surface area contributed by atoms with Crippen molar-refractivity contribution in [3.05, 3.63) is 23.8 Å². The molecule has 1 aromatic carbocycles. The molecule has 0 radical (unpaired) electrons. The minimum absolute atomic E-state index is 0.248. The fraction of sp³-hybridized carbons (Fsp3) is 0.579. The van der Waals surface area contributed by atoms with Crippen LogP contribution in [0.2, 0.25) is 0 Å². The number of hydrogen-bond donors (Lipinski definition) is 1. The second-order valence-electron chi connectivity index (χ2n) is 5.75. The van der Waals surface area contributed by atoms with Gasteiger partial charge in [0.05, 0.1) is 13.2 Å². The minimum Gasteiger partial charge on any atom is -0.493 e. The van der Waals surface area contributed by atoms with Crippen molar-refractivity contribution in [3.63, 3.8) is 0 Å². The number of carbonyl (C=O) groups is 2. The zero-order chi connectivity index (χ0) is 18.9. The van der Waals surface area contributed by atoms with E-state index in [0.717, 1.165) is 6.42 Å². The Morgan fingerprint density at radius 1 is 1.12 bits per heavy atom. The number of carbonyl (C=O) groups excluding carboxylic acids is 2. The van der Waals surface area contributed by atoms with Gasteiger partial charge >= 0.3 is 5.97 Å². The lowest BCUT2D eigenvalue weighted by Crippen LogP contribution is -2.42. The summed E-state index contributed by atoms with van der Waals surface area (Å²) in [5, 5.41) is 2.82. The predicted octanol–water partition coefficient (Wildman–Crippen LogP) is 3.80. The SMILES string of the molecule is CCCOC(C)(CC)C(=O)Nc1ccc(OCC)c(C(=O)OCC)c1. The molecule has 0 heterocycles. The van der Waals surface area contributed by atoms with Crippen LogP contribution in [-0.4, -0.2) is 37.3 Å². The van der Waals surface area contributed by atoms with Crippen LogP contribution >= 0.6 is 0 Å². The van der Waals surface area contributed by atoms with Gasteiger partial charge in [-0.2, -0.15) is 0 Å². The van der Waals surface area contributed by atoms with Gasteiger partial charge in [-0.1, -0.05) is 13.8 Å². The molecule has 140 valence electrons. The van der Waals surface area contributed by atoms with E-state index in [2.05, 4.69) is 5.32 Å². The van der Waals surface area contributed by atoms with Crippen LogP contribution in [0.5, 0.6) is 5.75 Å². The Bertz CT molecular complexity index is 587. The molecule has 1 atom stereocenters. The zero-order valence-electron chi connectivity index (χ0n) is 15.8. The summed E-state index contributed by atoms with van der Waals surface area (Å²) in [5.74, 6) is -0.301. The number of esters is 1. The molecule has 6 nitrogen and oxygen atoms in total. The molecule has 25 heavy (non-hydrogen) atoms. The van der Waals surface area contributed by atoms with Crippen LogP contribution in [0.25, 0.3) is 0 Å². The van der Waals surface area contributed by atoms with E-state index in [1.807, 2.05) is 20.8 Å². The van der Waals surface area contributed by atoms with Crippen LogP contribution in [0.1, 0.15) is 57.8 Å². The van der Waals surface area contributed by atoms with Gasteiger partial charge in [-0.3, -0.25) is 4.79 Å². The van der Waals surface area contributed by atoms with Gasteiger partial charge in [0.1, 0.15) is 16.9 Å². The first-order chi connectivity index (χ1) is 11.9. The molecule has 6 heteroatoms. The monoisotopic (exact) mass is 351 g/mol. The van der Waals surface area contributed by atoms with E-state index in [1.54, 1.807) is 32.0 Å². The average molecular weight is 351 g/mol. The summed E-state index contributed by atoms with van der Waals surface area (Å²) in [6.45, 7) is 10.4. The second kappa shape index (κ2) is 10.0. The summed E-state index contributed by atoms with van der Waals surface area (Å²) < 4.78 is 16.2. The maximum Gasteiger partial charge on any atom is 0.341 e. The van der Waals surface area contributed by atoms with E-state index in [0.29, 0.717) is 31.1 Å². The number of benzene rings is 1. The van der Waals surface area contributed by atoms with Crippen LogP contribution in [0, 0.1) is 0 Å². The van der Waals surface area contributed by atoms with Crippen LogP contribution in [0.15, 0.2) is 18.2 Å². The summed E-state index contributed by atoms with van der Waals surface area (Å²) in [6.07, 6.45) is 1.37. The molecule has 0 spiro atoms. The highest BCUT2D eigenvalue weighted by molar-refractivity contribution is 5.99. The van der Waals surface area contributed by atoms with Crippen molar-refractivity contribution in [3.8, 4) is 5.75 Å². The van der Waals surface area contributed by atoms with Gasteiger partial charge in [0.2, 0.25) is 0 Å². The van der Waals surface area contributed by atoms with Gasteiger partial charge < -0.3 is 19.5 Å². The largest absolute Gasteiger partial charge is 0.493 e. The van der Waals surface area contributed by atoms with Gasteiger partial charge in [0, 0.05) is 12.3 Å². The van der Waals surface area contributed by atoms with Gasteiger partial charge in [0.15, 0.2) is 0 Å². The molecule has 0 aliphatic rings. The molecule has 0 aliphatic heterocycles. The number of anilines is 1. The summed E-state index contributed by atoms with van der Waals surface area (Å²) in [4.78, 5) is 24.7. The van der Waals surface area contributed by atoms with E-state index < -0.39 is 11.6 Å². The summed E-state index contributed by atoms with van der Waals surface area (Å²) >= 11 is 0. The first kappa shape index (κ1) is 21.0. The van der Waals surface area contributed by atoms with Crippen molar-refractivity contribution in [2.24, 2.45) is 0 Å². The minimum atomic E-state index is -0.918. The Morgan fingerprint density at radius 2 is 1.84 bits per heavy atom. The standard InChI is InChI=1S/C19H29NO5/c1-6-12-25-19(5,7-2)18(22)20-14-10-11-16(23-8-3)15(13-14)17(21)24-9-4/h10-11,13H,6-9,12H2,1-5H3,(H,20,22). The van der Waals surface area contributed by atoms with Crippen LogP contribution in [0.4, 0.5) is 5.69 Å². The molecule has 0 saturated carbocycles. The molecular formula is C19H29NO5. The normalized spacial score (nSPS) is 13.0. The number of hydrogen-bond acceptors (Lipinski definition) is 5. The Morgan fingerprint density at radius 3 is 2.40 bits per heavy atom. The fourth-order valence-electron chi connectivity index (χ4n) is 2.18. The highest BCUT2D eigenvalue weighted by atomic mass is 16.5. The molecule has 0 saturated heterocycles. The van der Waals surface area contributed by atoms with Crippen LogP contribution in [0.3, 0.4) is 0 Å². The topological polar surface area (TPSA) is 73.9 Å². The third kappa shape index (κ3) is 5.74. The molecule has 1 unspecified atom stereocenters. The number of nitrogens with one attached hydrogen (secondary N) is 1. The highest BCUT2D eigenvalue weighted by Crippen LogP contribution is 2.26. The Labute approximate surface area is 149 Å². The van der Waals surface area contributed by atoms with E-state index in [4.69, 9.17) is 14.2 Å². The molecule has 1 N–H and O–H groups in total. The molecule has 0 bridgehead atoms. The van der Waals surface area contributed by atoms with E-state index in [9.17, 15) is 9.59 Å². The van der Waals surface area contributed by atoms with E-state index >= 15 is 0 Å². The van der Waals surface area contributed by atoms with E-state index in [1.165, 1.54) is 0 Å². The van der Waals surface area contributed by atoms with Crippen molar-refractivity contribution in [1.29, 1.82) is 0 Å². The fourth-order valence-corrected chi connectivity index (χ4v) is 2.18. The maximum absolute atomic E-state index is 12.6. The predicted molar refractivity (Wildman–Crippen MR) is 97.1 cm³/mol. The molecule has 0 fully saturated rings. The zero-order valence-corrected chi connectivity index (χ0v) is 15.8.